The van der Waals surface area contributed by atoms with Gasteiger partial charge in [-0.2, -0.15) is 0 Å². The normalized spacial score (nSPS) is 18.0. The summed E-state index contributed by atoms with van der Waals surface area (Å²) in [6.07, 6.45) is 2.29. The highest BCUT2D eigenvalue weighted by Crippen LogP contribution is 2.08. The first-order chi connectivity index (χ1) is 4.79. The van der Waals surface area contributed by atoms with Crippen LogP contribution in [-0.2, 0) is 9.39 Å². The fourth-order valence-electron chi connectivity index (χ4n) is 0.752. The quantitative estimate of drug-likeness (QED) is 0.502. The smallest absolute Gasteiger partial charge is 0.516 e. The zero-order valence-electron chi connectivity index (χ0n) is 5.49. The summed E-state index contributed by atoms with van der Waals surface area (Å²) in [5.74, 6) is 0.584. The minimum atomic E-state index is -1.70. The van der Waals surface area contributed by atoms with E-state index in [1.54, 1.807) is 6.08 Å². The van der Waals surface area contributed by atoms with Gasteiger partial charge >= 0.3 is 7.32 Å². The van der Waals surface area contributed by atoms with Crippen LogP contribution in [0.4, 0.5) is 0 Å². The first-order valence-corrected chi connectivity index (χ1v) is 3.08. The molecule has 10 heavy (non-hydrogen) atoms. The lowest BCUT2D eigenvalue weighted by molar-refractivity contribution is 0.128. The molecule has 0 amide bonds. The van der Waals surface area contributed by atoms with Gasteiger partial charge in [-0.05, 0) is 6.08 Å². The van der Waals surface area contributed by atoms with E-state index >= 15 is 0 Å². The van der Waals surface area contributed by atoms with Gasteiger partial charge in [0.15, 0.2) is 0 Å². The van der Waals surface area contributed by atoms with E-state index in [0.29, 0.717) is 25.4 Å². The molecular weight excluding hydrogens is 135 g/mol. The minimum absolute atomic E-state index is 0.488. The van der Waals surface area contributed by atoms with Crippen LogP contribution in [0.3, 0.4) is 0 Å². The van der Waals surface area contributed by atoms with Gasteiger partial charge < -0.3 is 19.4 Å². The average molecular weight is 144 g/mol. The van der Waals surface area contributed by atoms with Gasteiger partial charge in [-0.1, -0.05) is 0 Å². The van der Waals surface area contributed by atoms with E-state index in [-0.39, 0.29) is 0 Å². The third-order valence-corrected chi connectivity index (χ3v) is 1.18. The first-order valence-electron chi connectivity index (χ1n) is 3.08. The Morgan fingerprint density at radius 1 is 1.60 bits per heavy atom. The molecule has 56 valence electrons. The fourth-order valence-corrected chi connectivity index (χ4v) is 0.752. The molecule has 0 saturated heterocycles. The molecule has 4 nitrogen and oxygen atoms in total. The van der Waals surface area contributed by atoms with Crippen molar-refractivity contribution >= 4 is 7.32 Å². The molecule has 0 aromatic rings. The van der Waals surface area contributed by atoms with Gasteiger partial charge in [0.1, 0.15) is 0 Å². The summed E-state index contributed by atoms with van der Waals surface area (Å²) in [5, 5.41) is 16.7. The first kappa shape index (κ1) is 7.59. The summed E-state index contributed by atoms with van der Waals surface area (Å²) in [6.45, 7) is 1.07. The van der Waals surface area contributed by atoms with E-state index in [1.165, 1.54) is 0 Å². The zero-order valence-corrected chi connectivity index (χ0v) is 5.49. The third-order valence-electron chi connectivity index (χ3n) is 1.18. The predicted molar refractivity (Wildman–Crippen MR) is 34.8 cm³/mol. The molecule has 5 heteroatoms. The van der Waals surface area contributed by atoms with Crippen LogP contribution in [0.15, 0.2) is 11.8 Å². The van der Waals surface area contributed by atoms with E-state index in [4.69, 9.17) is 14.8 Å². The Labute approximate surface area is 59.2 Å². The van der Waals surface area contributed by atoms with Crippen LogP contribution < -0.4 is 0 Å². The summed E-state index contributed by atoms with van der Waals surface area (Å²) in [7, 11) is -1.70. The molecule has 0 aliphatic carbocycles. The lowest BCUT2D eigenvalue weighted by Gasteiger charge is -2.13. The molecule has 1 heterocycles. The average Bonchev–Trinajstić information content (AvgIpc) is 1.88. The van der Waals surface area contributed by atoms with E-state index in [0.717, 1.165) is 0 Å². The molecule has 0 aromatic heterocycles. The van der Waals surface area contributed by atoms with Crippen LogP contribution in [0.25, 0.3) is 0 Å². The maximum absolute atomic E-state index is 8.36. The Balaban J connectivity index is 2.31. The summed E-state index contributed by atoms with van der Waals surface area (Å²) < 4.78 is 9.54. The molecule has 0 unspecified atom stereocenters. The van der Waals surface area contributed by atoms with E-state index in [1.807, 2.05) is 0 Å². The van der Waals surface area contributed by atoms with E-state index < -0.39 is 7.32 Å². The molecule has 0 saturated carbocycles. The van der Waals surface area contributed by atoms with Crippen molar-refractivity contribution < 1.29 is 19.4 Å². The van der Waals surface area contributed by atoms with Crippen LogP contribution in [0.1, 0.15) is 6.42 Å². The Morgan fingerprint density at radius 3 is 2.90 bits per heavy atom. The van der Waals surface area contributed by atoms with Crippen molar-refractivity contribution in [1.82, 2.24) is 0 Å². The van der Waals surface area contributed by atoms with Crippen LogP contribution in [-0.4, -0.2) is 30.6 Å². The third kappa shape index (κ3) is 2.39. The van der Waals surface area contributed by atoms with Crippen molar-refractivity contribution in [3.8, 4) is 0 Å². The lowest BCUT2D eigenvalue weighted by atomic mass is 10.2. The Bertz CT molecular complexity index is 134. The van der Waals surface area contributed by atoms with Crippen molar-refractivity contribution in [3.63, 3.8) is 0 Å². The molecular formula is C5H9BO4. The van der Waals surface area contributed by atoms with Crippen molar-refractivity contribution in [3.05, 3.63) is 11.8 Å². The molecule has 0 radical (unpaired) electrons. The molecule has 0 spiro atoms. The summed E-state index contributed by atoms with van der Waals surface area (Å²) in [4.78, 5) is 0. The molecule has 1 rings (SSSR count). The second-order valence-corrected chi connectivity index (χ2v) is 1.94. The second-order valence-electron chi connectivity index (χ2n) is 1.94. The van der Waals surface area contributed by atoms with E-state index in [9.17, 15) is 0 Å². The van der Waals surface area contributed by atoms with Crippen molar-refractivity contribution in [2.45, 2.75) is 6.42 Å². The number of ether oxygens (including phenoxy) is 1. The number of hydrogen-bond acceptors (Lipinski definition) is 4. The Morgan fingerprint density at radius 2 is 2.40 bits per heavy atom. The number of rotatable bonds is 2. The highest BCUT2D eigenvalue weighted by Gasteiger charge is 2.14. The Kier molecular flexibility index (Phi) is 2.74. The molecule has 0 bridgehead atoms. The summed E-state index contributed by atoms with van der Waals surface area (Å²) >= 11 is 0. The van der Waals surface area contributed by atoms with Crippen LogP contribution in [0.5, 0.6) is 0 Å². The van der Waals surface area contributed by atoms with Crippen LogP contribution in [0, 0.1) is 0 Å². The fraction of sp³-hybridized carbons (Fsp3) is 0.600. The molecule has 2 N–H and O–H groups in total. The molecule has 1 aliphatic rings. The van der Waals surface area contributed by atoms with Gasteiger partial charge in [0.25, 0.3) is 0 Å². The monoisotopic (exact) mass is 144 g/mol. The maximum Gasteiger partial charge on any atom is 0.707 e. The van der Waals surface area contributed by atoms with Gasteiger partial charge in [0.2, 0.25) is 0 Å². The highest BCUT2D eigenvalue weighted by molar-refractivity contribution is 6.33. The standard InChI is InChI=1S/C5H9BO4/c7-6(8)10-5-1-3-9-4-2-5/h1,7-8H,2-4H2. The van der Waals surface area contributed by atoms with E-state index in [2.05, 4.69) is 4.65 Å². The minimum Gasteiger partial charge on any atom is -0.516 e. The molecule has 0 aromatic carbocycles. The van der Waals surface area contributed by atoms with Crippen molar-refractivity contribution in [1.29, 1.82) is 0 Å². The van der Waals surface area contributed by atoms with Gasteiger partial charge in [-0.25, -0.2) is 0 Å². The molecule has 0 fully saturated rings. The Hall–Kier alpha value is -0.515. The topological polar surface area (TPSA) is 58.9 Å². The van der Waals surface area contributed by atoms with Crippen LogP contribution >= 0.6 is 0 Å². The summed E-state index contributed by atoms with van der Waals surface area (Å²) in [6, 6.07) is 0. The van der Waals surface area contributed by atoms with Crippen molar-refractivity contribution in [2.75, 3.05) is 13.2 Å². The second kappa shape index (κ2) is 3.60. The maximum atomic E-state index is 8.36. The highest BCUT2D eigenvalue weighted by atomic mass is 16.6. The number of hydrogen-bond donors (Lipinski definition) is 2. The van der Waals surface area contributed by atoms with Crippen molar-refractivity contribution in [2.24, 2.45) is 0 Å². The van der Waals surface area contributed by atoms with Crippen LogP contribution in [0.2, 0.25) is 0 Å². The van der Waals surface area contributed by atoms with Gasteiger partial charge in [-0.15, -0.1) is 0 Å². The lowest BCUT2D eigenvalue weighted by Crippen LogP contribution is -2.19. The van der Waals surface area contributed by atoms with Gasteiger partial charge in [-0.3, -0.25) is 0 Å². The van der Waals surface area contributed by atoms with Gasteiger partial charge in [0, 0.05) is 6.42 Å². The summed E-state index contributed by atoms with van der Waals surface area (Å²) in [5.41, 5.74) is 0. The molecule has 0 atom stereocenters. The predicted octanol–water partition coefficient (Wildman–Crippen LogP) is -0.723. The zero-order chi connectivity index (χ0) is 7.40. The largest absolute Gasteiger partial charge is 0.707 e. The SMILES string of the molecule is OB(O)OC1=CCOCC1. The van der Waals surface area contributed by atoms with Gasteiger partial charge in [0.05, 0.1) is 19.0 Å². The molecule has 1 aliphatic heterocycles.